The van der Waals surface area contributed by atoms with Crippen LogP contribution in [0, 0.1) is 35.0 Å². The van der Waals surface area contributed by atoms with Crippen LogP contribution in [-0.2, 0) is 9.59 Å². The van der Waals surface area contributed by atoms with E-state index in [0.717, 1.165) is 77.2 Å². The van der Waals surface area contributed by atoms with E-state index in [1.54, 1.807) is 5.01 Å². The van der Waals surface area contributed by atoms with Crippen molar-refractivity contribution in [1.29, 1.82) is 5.41 Å². The second-order valence-corrected chi connectivity index (χ2v) is 13.1. The third kappa shape index (κ3) is 6.59. The number of hydrogen-bond donors (Lipinski definition) is 5. The summed E-state index contributed by atoms with van der Waals surface area (Å²) in [7, 11) is 0. The van der Waals surface area contributed by atoms with Gasteiger partial charge in [0.1, 0.15) is 0 Å². The molecule has 2 aliphatic heterocycles. The highest BCUT2D eigenvalue weighted by molar-refractivity contribution is 5.83. The number of likely N-dealkylation sites (tertiary alicyclic amines) is 1. The predicted octanol–water partition coefficient (Wildman–Crippen LogP) is 2.50. The summed E-state index contributed by atoms with van der Waals surface area (Å²) in [6.45, 7) is 0.669. The Kier molecular flexibility index (Phi) is 8.97. The Hall–Kier alpha value is -1.92. The van der Waals surface area contributed by atoms with Crippen LogP contribution in [-0.4, -0.2) is 77.5 Å². The molecule has 226 valence electrons. The van der Waals surface area contributed by atoms with Gasteiger partial charge in [-0.2, -0.15) is 13.2 Å². The number of fused-ring (bicyclic) bond motifs is 1. The third-order valence-electron chi connectivity index (χ3n) is 10.6. The molecule has 3 saturated carbocycles. The molecule has 7 N–H and O–H groups in total. The second-order valence-electron chi connectivity index (χ2n) is 13.1. The maximum Gasteiger partial charge on any atom is 0.394 e. The smallest absolute Gasteiger partial charge is 0.387 e. The molecule has 9 nitrogen and oxygen atoms in total. The lowest BCUT2D eigenvalue weighted by atomic mass is 9.77. The molecule has 0 aromatic carbocycles. The van der Waals surface area contributed by atoms with Crippen LogP contribution in [0.15, 0.2) is 0 Å². The van der Waals surface area contributed by atoms with Gasteiger partial charge in [0.15, 0.2) is 0 Å². The fourth-order valence-electron chi connectivity index (χ4n) is 8.24. The minimum absolute atomic E-state index is 0.0211. The van der Waals surface area contributed by atoms with Crippen molar-refractivity contribution in [3.05, 3.63) is 0 Å². The van der Waals surface area contributed by atoms with Gasteiger partial charge in [-0.1, -0.05) is 0 Å². The summed E-state index contributed by atoms with van der Waals surface area (Å²) in [6.07, 6.45) is 5.80. The highest BCUT2D eigenvalue weighted by Crippen LogP contribution is 2.43. The molecule has 0 bridgehead atoms. The van der Waals surface area contributed by atoms with Crippen molar-refractivity contribution in [1.82, 2.24) is 20.7 Å². The summed E-state index contributed by atoms with van der Waals surface area (Å²) in [5.74, 6) is -0.563. The van der Waals surface area contributed by atoms with Gasteiger partial charge in [-0.15, -0.1) is 0 Å². The molecule has 12 heteroatoms. The highest BCUT2D eigenvalue weighted by Gasteiger charge is 2.49. The van der Waals surface area contributed by atoms with E-state index < -0.39 is 12.1 Å². The zero-order valence-corrected chi connectivity index (χ0v) is 23.3. The molecule has 40 heavy (non-hydrogen) atoms. The van der Waals surface area contributed by atoms with Crippen LogP contribution in [0.5, 0.6) is 0 Å². The molecule has 0 aromatic rings. The van der Waals surface area contributed by atoms with Gasteiger partial charge in [-0.05, 0) is 88.9 Å². The van der Waals surface area contributed by atoms with E-state index in [1.165, 1.54) is 0 Å². The van der Waals surface area contributed by atoms with E-state index in [2.05, 4.69) is 15.6 Å². The number of amides is 2. The van der Waals surface area contributed by atoms with Gasteiger partial charge in [0.05, 0.1) is 17.8 Å². The first-order chi connectivity index (χ1) is 19.0. The number of carbonyl (C=O) groups excluding carboxylic acids is 2. The van der Waals surface area contributed by atoms with E-state index in [1.807, 2.05) is 0 Å². The highest BCUT2D eigenvalue weighted by atomic mass is 19.4. The molecule has 0 aromatic heterocycles. The van der Waals surface area contributed by atoms with Crippen LogP contribution in [0.4, 0.5) is 13.2 Å². The Labute approximate surface area is 234 Å². The zero-order chi connectivity index (χ0) is 28.6. The molecular weight excluding hydrogens is 523 g/mol. The van der Waals surface area contributed by atoms with Crippen LogP contribution in [0.2, 0.25) is 0 Å². The number of carbonyl (C=O) groups is 2. The molecule has 0 spiro atoms. The number of rotatable bonds is 7. The summed E-state index contributed by atoms with van der Waals surface area (Å²) >= 11 is 0. The van der Waals surface area contributed by atoms with E-state index in [-0.39, 0.29) is 66.7 Å². The van der Waals surface area contributed by atoms with E-state index in [9.17, 15) is 22.8 Å². The first-order valence-corrected chi connectivity index (χ1v) is 15.3. The van der Waals surface area contributed by atoms with Gasteiger partial charge in [0, 0.05) is 49.6 Å². The summed E-state index contributed by atoms with van der Waals surface area (Å²) in [5, 5.41) is 13.1. The SMILES string of the molecule is N=C(N)C1CCC2CC(C(=O)NC3CCCC(N4CC(C(F)(F)F)CN4)C3)N(CC3CCC(C(N)=O)CC3)C2C1. The van der Waals surface area contributed by atoms with Gasteiger partial charge in [-0.25, -0.2) is 5.01 Å². The van der Waals surface area contributed by atoms with Crippen LogP contribution in [0.1, 0.15) is 77.0 Å². The molecule has 7 atom stereocenters. The Morgan fingerprint density at radius 1 is 0.950 bits per heavy atom. The van der Waals surface area contributed by atoms with Gasteiger partial charge in [0.25, 0.3) is 0 Å². The van der Waals surface area contributed by atoms with Crippen molar-refractivity contribution in [2.75, 3.05) is 19.6 Å². The predicted molar refractivity (Wildman–Crippen MR) is 145 cm³/mol. The lowest BCUT2D eigenvalue weighted by Crippen LogP contribution is -2.53. The second kappa shape index (κ2) is 12.1. The van der Waals surface area contributed by atoms with Crippen LogP contribution < -0.4 is 22.2 Å². The summed E-state index contributed by atoms with van der Waals surface area (Å²) in [4.78, 5) is 27.9. The van der Waals surface area contributed by atoms with Crippen LogP contribution >= 0.6 is 0 Å². The number of alkyl halides is 3. The first kappa shape index (κ1) is 29.6. The van der Waals surface area contributed by atoms with Crippen molar-refractivity contribution in [2.45, 2.75) is 107 Å². The minimum atomic E-state index is -4.20. The van der Waals surface area contributed by atoms with Crippen LogP contribution in [0.3, 0.4) is 0 Å². The standard InChI is InChI=1S/C28H46F3N7O2/c29-28(30,31)20-13-35-38(15-20)22-3-1-2-21(12-22)36-27(40)24-10-18-8-9-19(25(32)33)11-23(18)37(24)14-16-4-6-17(7-5-16)26(34)39/h16-24,35H,1-15H2,(H3,32,33)(H2,34,39)(H,36,40). The molecule has 7 unspecified atom stereocenters. The molecule has 5 rings (SSSR count). The number of hydrazine groups is 1. The number of nitrogens with zero attached hydrogens (tertiary/aromatic N) is 2. The molecule has 2 heterocycles. The Bertz CT molecular complexity index is 941. The van der Waals surface area contributed by atoms with Crippen LogP contribution in [0.25, 0.3) is 0 Å². The van der Waals surface area contributed by atoms with Crippen molar-refractivity contribution in [3.63, 3.8) is 0 Å². The maximum atomic E-state index is 13.8. The fourth-order valence-corrected chi connectivity index (χ4v) is 8.24. The normalized spacial score (nSPS) is 39.5. The third-order valence-corrected chi connectivity index (χ3v) is 10.6. The van der Waals surface area contributed by atoms with Crippen molar-refractivity contribution >= 4 is 17.6 Å². The molecule has 0 radical (unpaired) electrons. The number of nitrogens with one attached hydrogen (secondary N) is 3. The fraction of sp³-hybridized carbons (Fsp3) is 0.893. The maximum absolute atomic E-state index is 13.8. The van der Waals surface area contributed by atoms with E-state index >= 15 is 0 Å². The number of nitrogens with two attached hydrogens (primary N) is 2. The Morgan fingerprint density at radius 2 is 1.68 bits per heavy atom. The number of primary amides is 1. The quantitative estimate of drug-likeness (QED) is 0.236. The van der Waals surface area contributed by atoms with Gasteiger partial charge < -0.3 is 16.8 Å². The zero-order valence-electron chi connectivity index (χ0n) is 23.3. The average Bonchev–Trinajstić information content (AvgIpc) is 3.55. The molecule has 2 amide bonds. The molecule has 5 fully saturated rings. The number of amidine groups is 1. The molecule has 3 aliphatic carbocycles. The van der Waals surface area contributed by atoms with Gasteiger partial charge >= 0.3 is 6.18 Å². The van der Waals surface area contributed by atoms with Gasteiger partial charge in [0.2, 0.25) is 11.8 Å². The number of halogens is 3. The molecule has 5 aliphatic rings. The van der Waals surface area contributed by atoms with E-state index in [0.29, 0.717) is 18.3 Å². The average molecular weight is 570 g/mol. The van der Waals surface area contributed by atoms with Crippen molar-refractivity contribution in [3.8, 4) is 0 Å². The minimum Gasteiger partial charge on any atom is -0.387 e. The van der Waals surface area contributed by atoms with Crippen molar-refractivity contribution in [2.24, 2.45) is 41.1 Å². The van der Waals surface area contributed by atoms with E-state index in [4.69, 9.17) is 16.9 Å². The van der Waals surface area contributed by atoms with Crippen molar-refractivity contribution < 1.29 is 22.8 Å². The summed E-state index contributed by atoms with van der Waals surface area (Å²) < 4.78 is 39.6. The lowest BCUT2D eigenvalue weighted by Gasteiger charge is -2.40. The largest absolute Gasteiger partial charge is 0.394 e. The Balaban J connectivity index is 1.22. The summed E-state index contributed by atoms with van der Waals surface area (Å²) in [6, 6.07) is -0.127. The topological polar surface area (TPSA) is 141 Å². The Morgan fingerprint density at radius 3 is 2.33 bits per heavy atom. The first-order valence-electron chi connectivity index (χ1n) is 15.3. The summed E-state index contributed by atoms with van der Waals surface area (Å²) in [5.41, 5.74) is 14.4. The lowest BCUT2D eigenvalue weighted by molar-refractivity contribution is -0.167. The monoisotopic (exact) mass is 569 g/mol. The molecular formula is C28H46F3N7O2. The molecule has 2 saturated heterocycles. The number of hydrogen-bond acceptors (Lipinski definition) is 6. The van der Waals surface area contributed by atoms with Gasteiger partial charge in [-0.3, -0.25) is 25.3 Å².